The molecule has 0 saturated carbocycles. The van der Waals surface area contributed by atoms with E-state index in [1.165, 1.54) is 17.0 Å². The van der Waals surface area contributed by atoms with E-state index in [1.807, 2.05) is 30.3 Å². The van der Waals surface area contributed by atoms with Gasteiger partial charge in [-0.25, -0.2) is 4.79 Å². The van der Waals surface area contributed by atoms with Gasteiger partial charge in [0.2, 0.25) is 11.7 Å². The van der Waals surface area contributed by atoms with Gasteiger partial charge in [-0.15, -0.1) is 0 Å². The highest BCUT2D eigenvalue weighted by Crippen LogP contribution is 2.28. The molecule has 0 fully saturated rings. The minimum atomic E-state index is -4.38. The predicted molar refractivity (Wildman–Crippen MR) is 108 cm³/mol. The SMILES string of the molecule is CN(CCc1nc(-c2ccccc2)no1)C(=O)NCC#Cc1ccc(C(F)(F)F)cc1. The largest absolute Gasteiger partial charge is 0.416 e. The van der Waals surface area contributed by atoms with Crippen molar-refractivity contribution in [1.29, 1.82) is 0 Å². The number of nitrogens with zero attached hydrogens (tertiary/aromatic N) is 3. The fourth-order valence-corrected chi connectivity index (χ4v) is 2.57. The maximum atomic E-state index is 12.5. The molecule has 0 spiro atoms. The van der Waals surface area contributed by atoms with Crippen LogP contribution in [0.2, 0.25) is 0 Å². The summed E-state index contributed by atoms with van der Waals surface area (Å²) in [4.78, 5) is 17.9. The number of carbonyl (C=O) groups excluding carboxylic acids is 1. The predicted octanol–water partition coefficient (Wildman–Crippen LogP) is 3.99. The van der Waals surface area contributed by atoms with Crippen LogP contribution in [0.3, 0.4) is 0 Å². The third-order valence-corrected chi connectivity index (χ3v) is 4.28. The number of amides is 2. The van der Waals surface area contributed by atoms with Crippen molar-refractivity contribution in [3.05, 3.63) is 71.6 Å². The van der Waals surface area contributed by atoms with E-state index >= 15 is 0 Å². The van der Waals surface area contributed by atoms with Crippen LogP contribution in [0.5, 0.6) is 0 Å². The third kappa shape index (κ3) is 6.34. The number of halogens is 3. The normalized spacial score (nSPS) is 10.8. The summed E-state index contributed by atoms with van der Waals surface area (Å²) in [7, 11) is 1.62. The van der Waals surface area contributed by atoms with Gasteiger partial charge in [-0.2, -0.15) is 18.2 Å². The number of hydrogen-bond donors (Lipinski definition) is 1. The van der Waals surface area contributed by atoms with E-state index < -0.39 is 11.7 Å². The van der Waals surface area contributed by atoms with Crippen molar-refractivity contribution in [2.75, 3.05) is 20.1 Å². The quantitative estimate of drug-likeness (QED) is 0.624. The van der Waals surface area contributed by atoms with Gasteiger partial charge in [0.15, 0.2) is 0 Å². The van der Waals surface area contributed by atoms with E-state index in [-0.39, 0.29) is 12.6 Å². The molecule has 0 aliphatic heterocycles. The highest BCUT2D eigenvalue weighted by molar-refractivity contribution is 5.74. The molecule has 160 valence electrons. The van der Waals surface area contributed by atoms with Gasteiger partial charge in [0, 0.05) is 31.1 Å². The minimum absolute atomic E-state index is 0.0584. The summed E-state index contributed by atoms with van der Waals surface area (Å²) >= 11 is 0. The van der Waals surface area contributed by atoms with Gasteiger partial charge in [-0.1, -0.05) is 47.3 Å². The zero-order valence-electron chi connectivity index (χ0n) is 16.6. The summed E-state index contributed by atoms with van der Waals surface area (Å²) < 4.78 is 42.8. The number of likely N-dealkylation sites (N-methyl/N-ethyl adjacent to an activating group) is 1. The lowest BCUT2D eigenvalue weighted by Gasteiger charge is -2.15. The second-order valence-corrected chi connectivity index (χ2v) is 6.58. The van der Waals surface area contributed by atoms with Gasteiger partial charge in [0.05, 0.1) is 12.1 Å². The molecule has 0 radical (unpaired) electrons. The fourth-order valence-electron chi connectivity index (χ4n) is 2.57. The minimum Gasteiger partial charge on any atom is -0.339 e. The molecule has 9 heteroatoms. The Kier molecular flexibility index (Phi) is 6.92. The zero-order valence-corrected chi connectivity index (χ0v) is 16.6. The average molecular weight is 428 g/mol. The molecule has 0 unspecified atom stereocenters. The van der Waals surface area contributed by atoms with Crippen molar-refractivity contribution in [2.24, 2.45) is 0 Å². The van der Waals surface area contributed by atoms with Crippen LogP contribution >= 0.6 is 0 Å². The summed E-state index contributed by atoms with van der Waals surface area (Å²) in [5.41, 5.74) is 0.543. The summed E-state index contributed by atoms with van der Waals surface area (Å²) in [6, 6.07) is 13.6. The number of alkyl halides is 3. The Labute approximate surface area is 177 Å². The summed E-state index contributed by atoms with van der Waals surface area (Å²) in [6.07, 6.45) is -3.99. The second-order valence-electron chi connectivity index (χ2n) is 6.58. The molecule has 1 heterocycles. The fraction of sp³-hybridized carbons (Fsp3) is 0.227. The van der Waals surface area contributed by atoms with Crippen LogP contribution in [0.15, 0.2) is 59.1 Å². The maximum Gasteiger partial charge on any atom is 0.416 e. The van der Waals surface area contributed by atoms with E-state index in [9.17, 15) is 18.0 Å². The zero-order chi connectivity index (χ0) is 22.3. The van der Waals surface area contributed by atoms with E-state index in [0.717, 1.165) is 17.7 Å². The molecule has 0 aliphatic rings. The Morgan fingerprint density at radius 3 is 2.52 bits per heavy atom. The number of rotatable bonds is 5. The van der Waals surface area contributed by atoms with E-state index in [1.54, 1.807) is 7.05 Å². The van der Waals surface area contributed by atoms with Crippen molar-refractivity contribution in [1.82, 2.24) is 20.4 Å². The maximum absolute atomic E-state index is 12.5. The Morgan fingerprint density at radius 1 is 1.13 bits per heavy atom. The van der Waals surface area contributed by atoms with Crippen LogP contribution < -0.4 is 5.32 Å². The number of carbonyl (C=O) groups is 1. The molecular formula is C22H19F3N4O2. The van der Waals surface area contributed by atoms with Crippen LogP contribution in [-0.2, 0) is 12.6 Å². The summed E-state index contributed by atoms with van der Waals surface area (Å²) in [6.45, 7) is 0.414. The van der Waals surface area contributed by atoms with Crippen LogP contribution in [0.25, 0.3) is 11.4 Å². The lowest BCUT2D eigenvalue weighted by Crippen LogP contribution is -2.38. The van der Waals surface area contributed by atoms with Crippen LogP contribution in [0.4, 0.5) is 18.0 Å². The van der Waals surface area contributed by atoms with Gasteiger partial charge in [0.1, 0.15) is 0 Å². The molecule has 3 aromatic rings. The molecule has 1 N–H and O–H groups in total. The Hall–Kier alpha value is -3.80. The first-order valence-electron chi connectivity index (χ1n) is 9.36. The van der Waals surface area contributed by atoms with Gasteiger partial charge in [0.25, 0.3) is 0 Å². The van der Waals surface area contributed by atoms with Gasteiger partial charge < -0.3 is 14.7 Å². The first-order chi connectivity index (χ1) is 14.8. The average Bonchev–Trinajstić information content (AvgIpc) is 3.24. The number of benzene rings is 2. The first-order valence-corrected chi connectivity index (χ1v) is 9.36. The highest BCUT2D eigenvalue weighted by Gasteiger charge is 2.29. The Bertz CT molecular complexity index is 1070. The van der Waals surface area contributed by atoms with Crippen molar-refractivity contribution < 1.29 is 22.5 Å². The highest BCUT2D eigenvalue weighted by atomic mass is 19.4. The molecule has 3 rings (SSSR count). The molecule has 2 aromatic carbocycles. The van der Waals surface area contributed by atoms with Crippen LogP contribution in [0.1, 0.15) is 17.0 Å². The standard InChI is InChI=1S/C22H19F3N4O2/c1-29(15-13-19-27-20(28-31-19)17-7-3-2-4-8-17)21(30)26-14-5-6-16-9-11-18(12-10-16)22(23,24)25/h2-4,7-12H,13-15H2,1H3,(H,26,30). The Morgan fingerprint density at radius 2 is 1.84 bits per heavy atom. The molecule has 0 bridgehead atoms. The number of urea groups is 1. The monoisotopic (exact) mass is 428 g/mol. The molecular weight excluding hydrogens is 409 g/mol. The molecule has 6 nitrogen and oxygen atoms in total. The van der Waals surface area contributed by atoms with Gasteiger partial charge >= 0.3 is 12.2 Å². The molecule has 0 saturated heterocycles. The topological polar surface area (TPSA) is 71.3 Å². The van der Waals surface area contributed by atoms with Crippen molar-refractivity contribution in [2.45, 2.75) is 12.6 Å². The molecule has 0 atom stereocenters. The number of aromatic nitrogens is 2. The van der Waals surface area contributed by atoms with Crippen LogP contribution in [-0.4, -0.2) is 41.2 Å². The lowest BCUT2D eigenvalue weighted by atomic mass is 10.1. The number of nitrogens with one attached hydrogen (secondary N) is 1. The van der Waals surface area contributed by atoms with Crippen molar-refractivity contribution >= 4 is 6.03 Å². The second kappa shape index (κ2) is 9.80. The van der Waals surface area contributed by atoms with Crippen LogP contribution in [0, 0.1) is 11.8 Å². The van der Waals surface area contributed by atoms with Crippen molar-refractivity contribution in [3.63, 3.8) is 0 Å². The molecule has 2 amide bonds. The van der Waals surface area contributed by atoms with E-state index in [0.29, 0.717) is 30.2 Å². The lowest BCUT2D eigenvalue weighted by molar-refractivity contribution is -0.137. The summed E-state index contributed by atoms with van der Waals surface area (Å²) in [5.74, 6) is 6.32. The van der Waals surface area contributed by atoms with Crippen molar-refractivity contribution in [3.8, 4) is 23.2 Å². The Balaban J connectivity index is 1.43. The van der Waals surface area contributed by atoms with Gasteiger partial charge in [-0.3, -0.25) is 0 Å². The first kappa shape index (κ1) is 21.9. The van der Waals surface area contributed by atoms with Gasteiger partial charge in [-0.05, 0) is 24.3 Å². The number of hydrogen-bond acceptors (Lipinski definition) is 4. The van der Waals surface area contributed by atoms with E-state index in [2.05, 4.69) is 27.3 Å². The van der Waals surface area contributed by atoms with E-state index in [4.69, 9.17) is 4.52 Å². The molecule has 31 heavy (non-hydrogen) atoms. The molecule has 1 aromatic heterocycles. The third-order valence-electron chi connectivity index (χ3n) is 4.28. The molecule has 0 aliphatic carbocycles. The smallest absolute Gasteiger partial charge is 0.339 e. The summed E-state index contributed by atoms with van der Waals surface area (Å²) in [5, 5.41) is 6.55.